The summed E-state index contributed by atoms with van der Waals surface area (Å²) >= 11 is 0. The maximum Gasteiger partial charge on any atom is 0.193 e. The van der Waals surface area contributed by atoms with Crippen molar-refractivity contribution in [1.82, 2.24) is 0 Å². The van der Waals surface area contributed by atoms with E-state index in [0.717, 1.165) is 12.8 Å². The van der Waals surface area contributed by atoms with Crippen molar-refractivity contribution in [3.8, 4) is 0 Å². The first kappa shape index (κ1) is 11.1. The monoisotopic (exact) mass is 223 g/mol. The molecular weight excluding hydrogens is 209 g/mol. The molecule has 0 bridgehead atoms. The molecule has 0 radical (unpaired) electrons. The van der Waals surface area contributed by atoms with Crippen LogP contribution in [0.25, 0.3) is 0 Å². The molecule has 1 heterocycles. The van der Waals surface area contributed by atoms with Gasteiger partial charge in [0, 0.05) is 12.2 Å². The summed E-state index contributed by atoms with van der Waals surface area (Å²) in [6.07, 6.45) is 2.17. The summed E-state index contributed by atoms with van der Waals surface area (Å²) in [7, 11) is 0. The van der Waals surface area contributed by atoms with E-state index in [1.54, 1.807) is 6.07 Å². The fraction of sp³-hybridized carbons (Fsp3) is 0.417. The lowest BCUT2D eigenvalue weighted by atomic mass is 9.98. The number of carbonyl (C=O) groups excluding carboxylic acids is 1. The lowest BCUT2D eigenvalue weighted by molar-refractivity contribution is 0.0187. The van der Waals surface area contributed by atoms with E-state index in [4.69, 9.17) is 10.5 Å². The summed E-state index contributed by atoms with van der Waals surface area (Å²) < 4.78 is 18.6. The summed E-state index contributed by atoms with van der Waals surface area (Å²) in [6, 6.07) is 4.27. The van der Waals surface area contributed by atoms with Gasteiger partial charge in [-0.25, -0.2) is 4.39 Å². The van der Waals surface area contributed by atoms with Gasteiger partial charge >= 0.3 is 0 Å². The number of para-hydroxylation sites is 1. The molecule has 1 saturated heterocycles. The van der Waals surface area contributed by atoms with Crippen molar-refractivity contribution in [2.45, 2.75) is 25.4 Å². The smallest absolute Gasteiger partial charge is 0.193 e. The van der Waals surface area contributed by atoms with Crippen molar-refractivity contribution in [3.63, 3.8) is 0 Å². The number of hydrogen-bond acceptors (Lipinski definition) is 3. The minimum atomic E-state index is -0.554. The number of ketones is 1. The molecule has 1 aromatic rings. The summed E-state index contributed by atoms with van der Waals surface area (Å²) in [5.74, 6) is -0.765. The number of hydrogen-bond donors (Lipinski definition) is 1. The minimum Gasteiger partial charge on any atom is -0.396 e. The molecule has 1 aromatic carbocycles. The van der Waals surface area contributed by atoms with Crippen molar-refractivity contribution in [1.29, 1.82) is 0 Å². The molecule has 16 heavy (non-hydrogen) atoms. The first-order chi connectivity index (χ1) is 7.70. The van der Waals surface area contributed by atoms with Crippen LogP contribution in [-0.4, -0.2) is 18.5 Å². The van der Waals surface area contributed by atoms with E-state index in [0.29, 0.717) is 13.0 Å². The van der Waals surface area contributed by atoms with Crippen LogP contribution in [-0.2, 0) is 4.74 Å². The van der Waals surface area contributed by atoms with E-state index < -0.39 is 11.9 Å². The quantitative estimate of drug-likeness (QED) is 0.617. The standard InChI is InChI=1S/C12H14FNO2/c13-9-5-3-4-8(11(9)14)12(15)10-6-1-2-7-16-10/h3-5,10H,1-2,6-7,14H2. The molecule has 1 fully saturated rings. The van der Waals surface area contributed by atoms with Gasteiger partial charge in [-0.3, -0.25) is 4.79 Å². The maximum atomic E-state index is 13.2. The Balaban J connectivity index is 2.22. The summed E-state index contributed by atoms with van der Waals surface area (Å²) in [6.45, 7) is 0.589. The lowest BCUT2D eigenvalue weighted by Gasteiger charge is -2.21. The van der Waals surface area contributed by atoms with Gasteiger partial charge < -0.3 is 10.5 Å². The Kier molecular flexibility index (Phi) is 3.19. The van der Waals surface area contributed by atoms with Gasteiger partial charge in [0.05, 0.1) is 5.69 Å². The Morgan fingerprint density at radius 3 is 2.94 bits per heavy atom. The zero-order valence-corrected chi connectivity index (χ0v) is 8.91. The van der Waals surface area contributed by atoms with Gasteiger partial charge in [-0.1, -0.05) is 6.07 Å². The van der Waals surface area contributed by atoms with E-state index in [1.165, 1.54) is 12.1 Å². The predicted octanol–water partition coefficient (Wildman–Crippen LogP) is 2.16. The first-order valence-electron chi connectivity index (χ1n) is 5.40. The molecule has 0 spiro atoms. The number of ether oxygens (including phenoxy) is 1. The van der Waals surface area contributed by atoms with E-state index in [9.17, 15) is 9.18 Å². The van der Waals surface area contributed by atoms with Crippen molar-refractivity contribution in [2.24, 2.45) is 0 Å². The van der Waals surface area contributed by atoms with Gasteiger partial charge in [-0.2, -0.15) is 0 Å². The fourth-order valence-corrected chi connectivity index (χ4v) is 1.87. The van der Waals surface area contributed by atoms with Gasteiger partial charge in [0.15, 0.2) is 5.78 Å². The Morgan fingerprint density at radius 1 is 1.44 bits per heavy atom. The van der Waals surface area contributed by atoms with Crippen LogP contribution in [0.2, 0.25) is 0 Å². The van der Waals surface area contributed by atoms with Crippen LogP contribution in [0.3, 0.4) is 0 Å². The molecule has 3 nitrogen and oxygen atoms in total. The molecule has 1 atom stereocenters. The number of benzene rings is 1. The van der Waals surface area contributed by atoms with Crippen LogP contribution in [0.1, 0.15) is 29.6 Å². The Hall–Kier alpha value is -1.42. The molecule has 0 saturated carbocycles. The molecule has 1 unspecified atom stereocenters. The number of anilines is 1. The predicted molar refractivity (Wildman–Crippen MR) is 58.7 cm³/mol. The van der Waals surface area contributed by atoms with Gasteiger partial charge in [-0.05, 0) is 31.4 Å². The number of nitrogen functional groups attached to an aromatic ring is 1. The molecule has 0 aliphatic carbocycles. The molecule has 2 N–H and O–H groups in total. The van der Waals surface area contributed by atoms with Crippen molar-refractivity contribution in [2.75, 3.05) is 12.3 Å². The second-order valence-electron chi connectivity index (χ2n) is 3.92. The number of carbonyl (C=O) groups is 1. The van der Waals surface area contributed by atoms with E-state index >= 15 is 0 Å². The third kappa shape index (κ3) is 2.07. The third-order valence-electron chi connectivity index (χ3n) is 2.79. The highest BCUT2D eigenvalue weighted by Gasteiger charge is 2.25. The molecule has 86 valence electrons. The van der Waals surface area contributed by atoms with Crippen molar-refractivity contribution in [3.05, 3.63) is 29.6 Å². The highest BCUT2D eigenvalue weighted by Crippen LogP contribution is 2.22. The summed E-state index contributed by atoms with van der Waals surface area (Å²) in [5, 5.41) is 0. The van der Waals surface area contributed by atoms with Crippen LogP contribution < -0.4 is 5.73 Å². The van der Waals surface area contributed by atoms with Gasteiger partial charge in [0.25, 0.3) is 0 Å². The minimum absolute atomic E-state index is 0.0818. The molecule has 4 heteroatoms. The normalized spacial score (nSPS) is 20.7. The molecule has 0 aromatic heterocycles. The van der Waals surface area contributed by atoms with E-state index in [-0.39, 0.29) is 17.0 Å². The molecule has 1 aliphatic rings. The topological polar surface area (TPSA) is 52.3 Å². The second kappa shape index (κ2) is 4.61. The van der Waals surface area contributed by atoms with Crippen LogP contribution in [0.15, 0.2) is 18.2 Å². The Bertz CT molecular complexity index is 400. The summed E-state index contributed by atoms with van der Waals surface area (Å²) in [5.41, 5.74) is 5.69. The first-order valence-corrected chi connectivity index (χ1v) is 5.40. The fourth-order valence-electron chi connectivity index (χ4n) is 1.87. The zero-order chi connectivity index (χ0) is 11.5. The number of halogens is 1. The van der Waals surface area contributed by atoms with Crippen LogP contribution >= 0.6 is 0 Å². The van der Waals surface area contributed by atoms with Crippen molar-refractivity contribution < 1.29 is 13.9 Å². The van der Waals surface area contributed by atoms with Crippen LogP contribution in [0.5, 0.6) is 0 Å². The van der Waals surface area contributed by atoms with E-state index in [2.05, 4.69) is 0 Å². The molecule has 2 rings (SSSR count). The van der Waals surface area contributed by atoms with Crippen molar-refractivity contribution >= 4 is 11.5 Å². The van der Waals surface area contributed by atoms with Gasteiger partial charge in [-0.15, -0.1) is 0 Å². The molecule has 1 aliphatic heterocycles. The number of rotatable bonds is 2. The maximum absolute atomic E-state index is 13.2. The lowest BCUT2D eigenvalue weighted by Crippen LogP contribution is -2.29. The van der Waals surface area contributed by atoms with E-state index in [1.807, 2.05) is 0 Å². The number of nitrogens with two attached hydrogens (primary N) is 1. The zero-order valence-electron chi connectivity index (χ0n) is 8.91. The second-order valence-corrected chi connectivity index (χ2v) is 3.92. The van der Waals surface area contributed by atoms with Gasteiger partial charge in [0.2, 0.25) is 0 Å². The summed E-state index contributed by atoms with van der Waals surface area (Å²) in [4.78, 5) is 12.0. The number of Topliss-reactive ketones (excluding diaryl/α,β-unsaturated/α-hetero) is 1. The largest absolute Gasteiger partial charge is 0.396 e. The Labute approximate surface area is 93.4 Å². The average molecular weight is 223 g/mol. The Morgan fingerprint density at radius 2 is 2.25 bits per heavy atom. The third-order valence-corrected chi connectivity index (χ3v) is 2.79. The SMILES string of the molecule is Nc1c(F)cccc1C(=O)C1CCCCO1. The van der Waals surface area contributed by atoms with Crippen LogP contribution in [0.4, 0.5) is 10.1 Å². The van der Waals surface area contributed by atoms with Crippen LogP contribution in [0, 0.1) is 5.82 Å². The highest BCUT2D eigenvalue weighted by molar-refractivity contribution is 6.03. The van der Waals surface area contributed by atoms with Gasteiger partial charge in [0.1, 0.15) is 11.9 Å². The molecule has 0 amide bonds. The average Bonchev–Trinajstić information content (AvgIpc) is 2.33. The molecular formula is C12H14FNO2. The highest BCUT2D eigenvalue weighted by atomic mass is 19.1.